The van der Waals surface area contributed by atoms with E-state index in [1.54, 1.807) is 0 Å². The molecule has 0 aliphatic carbocycles. The summed E-state index contributed by atoms with van der Waals surface area (Å²) in [5.74, 6) is -2.13. The largest absolute Gasteiger partial charge is 0.508 e. The van der Waals surface area contributed by atoms with Crippen LogP contribution in [0.15, 0.2) is 18.2 Å². The highest BCUT2D eigenvalue weighted by Crippen LogP contribution is 2.35. The third-order valence-corrected chi connectivity index (χ3v) is 1.97. The Kier molecular flexibility index (Phi) is 3.09. The van der Waals surface area contributed by atoms with E-state index in [1.807, 2.05) is 0 Å². The van der Waals surface area contributed by atoms with Crippen molar-refractivity contribution in [3.63, 3.8) is 0 Å². The van der Waals surface area contributed by atoms with E-state index >= 15 is 0 Å². The second kappa shape index (κ2) is 4.01. The topological polar surface area (TPSA) is 83.6 Å². The van der Waals surface area contributed by atoms with E-state index in [-0.39, 0.29) is 5.56 Å². The number of aromatic hydroxyl groups is 1. The molecule has 4 nitrogen and oxygen atoms in total. The number of nitrogens with two attached hydrogens (primary N) is 1. The van der Waals surface area contributed by atoms with Gasteiger partial charge in [-0.3, -0.25) is 0 Å². The maximum atomic E-state index is 12.2. The van der Waals surface area contributed by atoms with Crippen molar-refractivity contribution in [3.05, 3.63) is 29.3 Å². The highest BCUT2D eigenvalue weighted by molar-refractivity contribution is 5.88. The van der Waals surface area contributed by atoms with Crippen LogP contribution in [0.3, 0.4) is 0 Å². The molecule has 0 unspecified atom stereocenters. The molecule has 16 heavy (non-hydrogen) atoms. The lowest BCUT2D eigenvalue weighted by Gasteiger charge is -2.17. The second-order valence-electron chi connectivity index (χ2n) is 3.10. The molecule has 0 heterocycles. The number of rotatable bonds is 2. The van der Waals surface area contributed by atoms with Crippen LogP contribution in [0.2, 0.25) is 0 Å². The zero-order chi connectivity index (χ0) is 12.5. The molecule has 0 spiro atoms. The van der Waals surface area contributed by atoms with Crippen LogP contribution in [0.25, 0.3) is 0 Å². The lowest BCUT2D eigenvalue weighted by Crippen LogP contribution is -2.28. The number of carbonyl (C=O) groups is 1. The zero-order valence-electron chi connectivity index (χ0n) is 7.82. The fourth-order valence-electron chi connectivity index (χ4n) is 1.12. The molecule has 0 saturated heterocycles. The first-order chi connectivity index (χ1) is 7.23. The summed E-state index contributed by atoms with van der Waals surface area (Å²) in [4.78, 5) is 10.5. The molecule has 88 valence electrons. The Hall–Kier alpha value is -1.76. The van der Waals surface area contributed by atoms with Gasteiger partial charge in [-0.05, 0) is 12.1 Å². The number of hydrogen-bond donors (Lipinski definition) is 3. The lowest BCUT2D eigenvalue weighted by molar-refractivity contribution is -0.149. The quantitative estimate of drug-likeness (QED) is 0.727. The van der Waals surface area contributed by atoms with E-state index in [4.69, 9.17) is 10.8 Å². The molecule has 1 atom stereocenters. The molecule has 4 N–H and O–H groups in total. The van der Waals surface area contributed by atoms with Crippen LogP contribution < -0.4 is 5.73 Å². The third-order valence-electron chi connectivity index (χ3n) is 1.97. The molecule has 1 aromatic carbocycles. The molecule has 0 bridgehead atoms. The van der Waals surface area contributed by atoms with Gasteiger partial charge in [0.2, 0.25) is 0 Å². The number of phenols is 1. The summed E-state index contributed by atoms with van der Waals surface area (Å²) in [5.41, 5.74) is 4.00. The number of alkyl halides is 3. The van der Waals surface area contributed by atoms with Gasteiger partial charge in [-0.15, -0.1) is 0 Å². The number of carboxylic acids is 1. The molecule has 1 rings (SSSR count). The average Bonchev–Trinajstić information content (AvgIpc) is 2.15. The normalized spacial score (nSPS) is 13.5. The Labute approximate surface area is 88.1 Å². The van der Waals surface area contributed by atoms with Crippen molar-refractivity contribution in [1.29, 1.82) is 0 Å². The molecule has 0 saturated carbocycles. The summed E-state index contributed by atoms with van der Waals surface area (Å²) in [7, 11) is 0. The van der Waals surface area contributed by atoms with E-state index in [1.165, 1.54) is 0 Å². The van der Waals surface area contributed by atoms with Crippen molar-refractivity contribution >= 4 is 5.97 Å². The van der Waals surface area contributed by atoms with Gasteiger partial charge in [0.1, 0.15) is 11.8 Å². The summed E-state index contributed by atoms with van der Waals surface area (Å²) in [6, 6.07) is 0.179. The molecule has 0 amide bonds. The summed E-state index contributed by atoms with van der Waals surface area (Å²) < 4.78 is 36.7. The van der Waals surface area contributed by atoms with E-state index in [9.17, 15) is 23.1 Å². The first-order valence-corrected chi connectivity index (χ1v) is 4.12. The number of halogens is 3. The van der Waals surface area contributed by atoms with Crippen LogP contribution in [0.4, 0.5) is 13.2 Å². The molecule has 0 aliphatic heterocycles. The van der Waals surface area contributed by atoms with Crippen LogP contribution in [0.1, 0.15) is 22.0 Å². The van der Waals surface area contributed by atoms with Gasteiger partial charge in [0.15, 0.2) is 0 Å². The minimum Gasteiger partial charge on any atom is -0.508 e. The average molecular weight is 235 g/mol. The lowest BCUT2D eigenvalue weighted by atomic mass is 10.0. The number of phenolic OH excluding ortho intramolecular Hbond substituents is 1. The van der Waals surface area contributed by atoms with Crippen molar-refractivity contribution in [2.45, 2.75) is 12.2 Å². The smallest absolute Gasteiger partial charge is 0.407 e. The van der Waals surface area contributed by atoms with E-state index in [0.29, 0.717) is 0 Å². The number of carboxylic acid groups (broad SMARTS) is 1. The fraction of sp³-hybridized carbons (Fsp3) is 0.222. The minimum absolute atomic E-state index is 0.310. The second-order valence-corrected chi connectivity index (χ2v) is 3.10. The Bertz CT molecular complexity index is 417. The van der Waals surface area contributed by atoms with Gasteiger partial charge in [-0.2, -0.15) is 13.2 Å². The number of hydrogen-bond acceptors (Lipinski definition) is 3. The molecule has 0 fully saturated rings. The number of benzene rings is 1. The van der Waals surface area contributed by atoms with Gasteiger partial charge in [0, 0.05) is 5.56 Å². The molecule has 0 radical (unpaired) electrons. The van der Waals surface area contributed by atoms with Gasteiger partial charge in [0.05, 0.1) is 5.56 Å². The third kappa shape index (κ3) is 2.43. The van der Waals surface area contributed by atoms with Gasteiger partial charge in [0.25, 0.3) is 0 Å². The van der Waals surface area contributed by atoms with Crippen LogP contribution in [0, 0.1) is 0 Å². The zero-order valence-corrected chi connectivity index (χ0v) is 7.82. The molecule has 1 aromatic rings. The SMILES string of the molecule is N[C@H](c1ccc(C(=O)O)cc1O)C(F)(F)F. The molecular formula is C9H8F3NO3. The first kappa shape index (κ1) is 12.3. The van der Waals surface area contributed by atoms with Crippen molar-refractivity contribution in [1.82, 2.24) is 0 Å². The maximum absolute atomic E-state index is 12.2. The molecule has 0 aliphatic rings. The van der Waals surface area contributed by atoms with Crippen molar-refractivity contribution in [2.24, 2.45) is 5.73 Å². The minimum atomic E-state index is -4.69. The summed E-state index contributed by atoms with van der Waals surface area (Å²) in [5, 5.41) is 17.8. The van der Waals surface area contributed by atoms with E-state index < -0.39 is 29.5 Å². The van der Waals surface area contributed by atoms with E-state index in [0.717, 1.165) is 18.2 Å². The van der Waals surface area contributed by atoms with Gasteiger partial charge in [-0.25, -0.2) is 4.79 Å². The van der Waals surface area contributed by atoms with Crippen molar-refractivity contribution in [2.75, 3.05) is 0 Å². The Morgan fingerprint density at radius 2 is 1.94 bits per heavy atom. The monoisotopic (exact) mass is 235 g/mol. The number of aromatic carboxylic acids is 1. The highest BCUT2D eigenvalue weighted by Gasteiger charge is 2.39. The van der Waals surface area contributed by atoms with Crippen LogP contribution in [-0.2, 0) is 0 Å². The van der Waals surface area contributed by atoms with Gasteiger partial charge < -0.3 is 15.9 Å². The fourth-order valence-corrected chi connectivity index (χ4v) is 1.12. The van der Waals surface area contributed by atoms with Crippen LogP contribution in [0.5, 0.6) is 5.75 Å². The standard InChI is InChI=1S/C9H8F3NO3/c10-9(11,12)7(13)5-2-1-4(8(15)16)3-6(5)14/h1-3,7,14H,13H2,(H,15,16)/t7-/m1/s1. The molecular weight excluding hydrogens is 227 g/mol. The summed E-state index contributed by atoms with van der Waals surface area (Å²) in [6.07, 6.45) is -4.69. The predicted octanol–water partition coefficient (Wildman–Crippen LogP) is 1.65. The van der Waals surface area contributed by atoms with E-state index in [2.05, 4.69) is 0 Å². The Morgan fingerprint density at radius 1 is 1.38 bits per heavy atom. The van der Waals surface area contributed by atoms with Gasteiger partial charge >= 0.3 is 12.1 Å². The first-order valence-electron chi connectivity index (χ1n) is 4.12. The van der Waals surface area contributed by atoms with Crippen LogP contribution >= 0.6 is 0 Å². The molecule has 0 aromatic heterocycles. The summed E-state index contributed by atoms with van der Waals surface area (Å²) in [6.45, 7) is 0. The Morgan fingerprint density at radius 3 is 2.31 bits per heavy atom. The van der Waals surface area contributed by atoms with Gasteiger partial charge in [-0.1, -0.05) is 6.07 Å². The summed E-state index contributed by atoms with van der Waals surface area (Å²) >= 11 is 0. The highest BCUT2D eigenvalue weighted by atomic mass is 19.4. The van der Waals surface area contributed by atoms with Crippen molar-refractivity contribution < 1.29 is 28.2 Å². The van der Waals surface area contributed by atoms with Crippen LogP contribution in [-0.4, -0.2) is 22.4 Å². The molecule has 7 heteroatoms. The predicted molar refractivity (Wildman–Crippen MR) is 48.0 cm³/mol. The Balaban J connectivity index is 3.13. The maximum Gasteiger partial charge on any atom is 0.407 e. The van der Waals surface area contributed by atoms with Crippen molar-refractivity contribution in [3.8, 4) is 5.75 Å².